The standard InChI is InChI=1S/C13H13ClN2O/c1-9(2)13-15-6-7-16(13)12-5-3-4-11(14)10(12)8-17/h3-9H,1-2H3. The molecule has 0 amide bonds. The van der Waals surface area contributed by atoms with Gasteiger partial charge < -0.3 is 4.57 Å². The molecule has 0 N–H and O–H groups in total. The number of rotatable bonds is 3. The molecule has 0 unspecified atom stereocenters. The maximum atomic E-state index is 11.1. The topological polar surface area (TPSA) is 34.9 Å². The van der Waals surface area contributed by atoms with E-state index in [0.717, 1.165) is 17.8 Å². The molecule has 2 rings (SSSR count). The number of aromatic nitrogens is 2. The van der Waals surface area contributed by atoms with Gasteiger partial charge in [0.15, 0.2) is 6.29 Å². The van der Waals surface area contributed by atoms with Crippen molar-refractivity contribution in [3.05, 3.63) is 47.0 Å². The third-order valence-corrected chi connectivity index (χ3v) is 2.92. The lowest BCUT2D eigenvalue weighted by atomic mass is 10.1. The van der Waals surface area contributed by atoms with Crippen LogP contribution < -0.4 is 0 Å². The molecule has 0 bridgehead atoms. The number of hydrogen-bond donors (Lipinski definition) is 0. The normalized spacial score (nSPS) is 10.8. The Morgan fingerprint density at radius 1 is 1.41 bits per heavy atom. The van der Waals surface area contributed by atoms with Crippen LogP contribution in [-0.4, -0.2) is 15.8 Å². The van der Waals surface area contributed by atoms with Crippen molar-refractivity contribution in [1.29, 1.82) is 0 Å². The molecule has 3 nitrogen and oxygen atoms in total. The van der Waals surface area contributed by atoms with Crippen molar-refractivity contribution in [1.82, 2.24) is 9.55 Å². The highest BCUT2D eigenvalue weighted by molar-refractivity contribution is 6.33. The van der Waals surface area contributed by atoms with Crippen LogP contribution in [0.4, 0.5) is 0 Å². The molecular formula is C13H13ClN2O. The Balaban J connectivity index is 2.64. The molecule has 0 saturated heterocycles. The first-order valence-corrected chi connectivity index (χ1v) is 5.80. The zero-order chi connectivity index (χ0) is 12.4. The van der Waals surface area contributed by atoms with Gasteiger partial charge in [0.2, 0.25) is 0 Å². The Bertz CT molecular complexity index is 546. The molecular weight excluding hydrogens is 236 g/mol. The predicted molar refractivity (Wildman–Crippen MR) is 68.1 cm³/mol. The van der Waals surface area contributed by atoms with Crippen LogP contribution in [0.3, 0.4) is 0 Å². The smallest absolute Gasteiger partial charge is 0.153 e. The van der Waals surface area contributed by atoms with E-state index in [1.807, 2.05) is 22.9 Å². The highest BCUT2D eigenvalue weighted by atomic mass is 35.5. The first-order chi connectivity index (χ1) is 8.15. The van der Waals surface area contributed by atoms with Crippen LogP contribution in [0.5, 0.6) is 0 Å². The summed E-state index contributed by atoms with van der Waals surface area (Å²) in [7, 11) is 0. The molecule has 0 fully saturated rings. The number of benzene rings is 1. The number of aldehydes is 1. The van der Waals surface area contributed by atoms with Gasteiger partial charge in [0, 0.05) is 18.3 Å². The van der Waals surface area contributed by atoms with E-state index in [0.29, 0.717) is 10.6 Å². The number of carbonyl (C=O) groups excluding carboxylic acids is 1. The SMILES string of the molecule is CC(C)c1nccn1-c1cccc(Cl)c1C=O. The van der Waals surface area contributed by atoms with Crippen LogP contribution >= 0.6 is 11.6 Å². The quantitative estimate of drug-likeness (QED) is 0.780. The molecule has 0 aliphatic heterocycles. The summed E-state index contributed by atoms with van der Waals surface area (Å²) in [6, 6.07) is 5.40. The number of hydrogen-bond acceptors (Lipinski definition) is 2. The third kappa shape index (κ3) is 2.11. The van der Waals surface area contributed by atoms with E-state index in [1.165, 1.54) is 0 Å². The van der Waals surface area contributed by atoms with Crippen LogP contribution in [0.15, 0.2) is 30.6 Å². The molecule has 17 heavy (non-hydrogen) atoms. The zero-order valence-electron chi connectivity index (χ0n) is 9.72. The molecule has 88 valence electrons. The highest BCUT2D eigenvalue weighted by Crippen LogP contribution is 2.24. The summed E-state index contributed by atoms with van der Waals surface area (Å²) in [4.78, 5) is 15.4. The maximum Gasteiger partial charge on any atom is 0.153 e. The van der Waals surface area contributed by atoms with Crippen molar-refractivity contribution >= 4 is 17.9 Å². The van der Waals surface area contributed by atoms with Crippen molar-refractivity contribution < 1.29 is 4.79 Å². The monoisotopic (exact) mass is 248 g/mol. The van der Waals surface area contributed by atoms with Crippen LogP contribution in [0, 0.1) is 0 Å². The predicted octanol–water partition coefficient (Wildman–Crippen LogP) is 3.46. The van der Waals surface area contributed by atoms with Gasteiger partial charge >= 0.3 is 0 Å². The van der Waals surface area contributed by atoms with Crippen molar-refractivity contribution in [2.45, 2.75) is 19.8 Å². The van der Waals surface area contributed by atoms with Crippen LogP contribution in [0.25, 0.3) is 5.69 Å². The molecule has 4 heteroatoms. The van der Waals surface area contributed by atoms with E-state index in [1.54, 1.807) is 12.3 Å². The van der Waals surface area contributed by atoms with Crippen LogP contribution in [-0.2, 0) is 0 Å². The van der Waals surface area contributed by atoms with Gasteiger partial charge in [0.05, 0.1) is 16.3 Å². The second-order valence-electron chi connectivity index (χ2n) is 4.10. The number of carbonyl (C=O) groups is 1. The van der Waals surface area contributed by atoms with Crippen molar-refractivity contribution in [2.24, 2.45) is 0 Å². The first kappa shape index (κ1) is 11.9. The lowest BCUT2D eigenvalue weighted by Gasteiger charge is -2.12. The van der Waals surface area contributed by atoms with E-state index in [4.69, 9.17) is 11.6 Å². The maximum absolute atomic E-state index is 11.1. The molecule has 0 atom stereocenters. The summed E-state index contributed by atoms with van der Waals surface area (Å²) in [5.41, 5.74) is 1.27. The zero-order valence-corrected chi connectivity index (χ0v) is 10.5. The second-order valence-corrected chi connectivity index (χ2v) is 4.51. The highest BCUT2D eigenvalue weighted by Gasteiger charge is 2.13. The molecule has 0 aliphatic carbocycles. The van der Waals surface area contributed by atoms with Crippen LogP contribution in [0.1, 0.15) is 35.9 Å². The lowest BCUT2D eigenvalue weighted by Crippen LogP contribution is -2.05. The second kappa shape index (κ2) is 4.72. The van der Waals surface area contributed by atoms with Gasteiger partial charge in [-0.3, -0.25) is 4.79 Å². The van der Waals surface area contributed by atoms with Gasteiger partial charge in [0.25, 0.3) is 0 Å². The van der Waals surface area contributed by atoms with Gasteiger partial charge in [0.1, 0.15) is 5.82 Å². The fraction of sp³-hybridized carbons (Fsp3) is 0.231. The van der Waals surface area contributed by atoms with E-state index >= 15 is 0 Å². The summed E-state index contributed by atoms with van der Waals surface area (Å²) in [5, 5.41) is 0.459. The number of halogens is 1. The lowest BCUT2D eigenvalue weighted by molar-refractivity contribution is 0.112. The Kier molecular flexibility index (Phi) is 3.29. The minimum Gasteiger partial charge on any atom is -0.303 e. The Morgan fingerprint density at radius 3 is 2.82 bits per heavy atom. The molecule has 1 aromatic heterocycles. The van der Waals surface area contributed by atoms with Crippen molar-refractivity contribution in [2.75, 3.05) is 0 Å². The van der Waals surface area contributed by atoms with E-state index in [9.17, 15) is 4.79 Å². The average Bonchev–Trinajstić information content (AvgIpc) is 2.77. The Morgan fingerprint density at radius 2 is 2.18 bits per heavy atom. The van der Waals surface area contributed by atoms with E-state index in [-0.39, 0.29) is 5.92 Å². The minimum absolute atomic E-state index is 0.281. The van der Waals surface area contributed by atoms with Crippen molar-refractivity contribution in [3.8, 4) is 5.69 Å². The van der Waals surface area contributed by atoms with Gasteiger partial charge in [-0.05, 0) is 12.1 Å². The van der Waals surface area contributed by atoms with Gasteiger partial charge in [-0.15, -0.1) is 0 Å². The van der Waals surface area contributed by atoms with E-state index in [2.05, 4.69) is 18.8 Å². The number of nitrogens with zero attached hydrogens (tertiary/aromatic N) is 2. The Hall–Kier alpha value is -1.61. The summed E-state index contributed by atoms with van der Waals surface area (Å²) in [6.45, 7) is 4.12. The average molecular weight is 249 g/mol. The summed E-state index contributed by atoms with van der Waals surface area (Å²) in [6.07, 6.45) is 4.35. The number of imidazole rings is 1. The molecule has 0 radical (unpaired) electrons. The fourth-order valence-corrected chi connectivity index (χ4v) is 2.01. The molecule has 0 aliphatic rings. The van der Waals surface area contributed by atoms with E-state index < -0.39 is 0 Å². The van der Waals surface area contributed by atoms with Gasteiger partial charge in [-0.25, -0.2) is 4.98 Å². The molecule has 1 aromatic carbocycles. The first-order valence-electron chi connectivity index (χ1n) is 5.42. The minimum atomic E-state index is 0.281. The van der Waals surface area contributed by atoms with Gasteiger partial charge in [-0.2, -0.15) is 0 Å². The molecule has 2 aromatic rings. The summed E-state index contributed by atoms with van der Waals surface area (Å²) in [5.74, 6) is 1.19. The van der Waals surface area contributed by atoms with Gasteiger partial charge in [-0.1, -0.05) is 31.5 Å². The van der Waals surface area contributed by atoms with Crippen LogP contribution in [0.2, 0.25) is 5.02 Å². The van der Waals surface area contributed by atoms with Crippen molar-refractivity contribution in [3.63, 3.8) is 0 Å². The fourth-order valence-electron chi connectivity index (χ4n) is 1.80. The summed E-state index contributed by atoms with van der Waals surface area (Å²) < 4.78 is 1.90. The third-order valence-electron chi connectivity index (χ3n) is 2.59. The largest absolute Gasteiger partial charge is 0.303 e. The molecule has 1 heterocycles. The summed E-state index contributed by atoms with van der Waals surface area (Å²) >= 11 is 6.01. The molecule has 0 saturated carbocycles. The molecule has 0 spiro atoms. The Labute approximate surface area is 105 Å².